The van der Waals surface area contributed by atoms with Gasteiger partial charge < -0.3 is 0 Å². The maximum atomic E-state index is 12.6. The second-order valence-corrected chi connectivity index (χ2v) is 5.50. The number of hydrogen-bond donors (Lipinski definition) is 0. The minimum atomic E-state index is -0.175. The highest BCUT2D eigenvalue weighted by Crippen LogP contribution is 2.26. The molecule has 0 spiro atoms. The quantitative estimate of drug-likeness (QED) is 0.842. The maximum absolute atomic E-state index is 12.6. The van der Waals surface area contributed by atoms with Crippen molar-refractivity contribution in [2.75, 3.05) is 0 Å². The van der Waals surface area contributed by atoms with Gasteiger partial charge in [0.2, 0.25) is 0 Å². The van der Waals surface area contributed by atoms with Gasteiger partial charge in [-0.3, -0.25) is 4.79 Å². The lowest BCUT2D eigenvalue weighted by Crippen LogP contribution is -2.16. The van der Waals surface area contributed by atoms with E-state index in [2.05, 4.69) is 18.9 Å². The van der Waals surface area contributed by atoms with Crippen molar-refractivity contribution in [2.45, 2.75) is 40.0 Å². The Hall–Kier alpha value is -1.61. The third-order valence-electron chi connectivity index (χ3n) is 3.75. The lowest BCUT2D eigenvalue weighted by Gasteiger charge is -2.10. The van der Waals surface area contributed by atoms with Crippen molar-refractivity contribution < 1.29 is 4.79 Å². The third kappa shape index (κ3) is 2.50. The highest BCUT2D eigenvalue weighted by atomic mass is 35.5. The number of carbonyl (C=O) groups excluding carboxylic acids is 1. The fourth-order valence-corrected chi connectivity index (χ4v) is 2.74. The van der Waals surface area contributed by atoms with Gasteiger partial charge in [0.1, 0.15) is 0 Å². The Bertz CT molecular complexity index is 646. The first kappa shape index (κ1) is 14.8. The van der Waals surface area contributed by atoms with Crippen molar-refractivity contribution in [1.29, 1.82) is 0 Å². The SMILES string of the molecule is CCC(C)c1c(C)nn(C(=O)c2ccccc2Cl)c1C. The van der Waals surface area contributed by atoms with Crippen LogP contribution < -0.4 is 0 Å². The molecular formula is C16H19ClN2O. The number of hydrogen-bond acceptors (Lipinski definition) is 2. The molecule has 0 fully saturated rings. The smallest absolute Gasteiger partial charge is 0.267 e. The van der Waals surface area contributed by atoms with Crippen LogP contribution in [0.2, 0.25) is 5.02 Å². The molecule has 0 aliphatic heterocycles. The van der Waals surface area contributed by atoms with Crippen molar-refractivity contribution >= 4 is 17.5 Å². The molecule has 1 aromatic carbocycles. The molecule has 106 valence electrons. The van der Waals surface area contributed by atoms with Crippen LogP contribution in [0.15, 0.2) is 24.3 Å². The van der Waals surface area contributed by atoms with E-state index in [1.165, 1.54) is 4.68 Å². The number of carbonyl (C=O) groups is 1. The Labute approximate surface area is 124 Å². The molecule has 0 amide bonds. The average Bonchev–Trinajstić information content (AvgIpc) is 2.73. The normalized spacial score (nSPS) is 12.4. The third-order valence-corrected chi connectivity index (χ3v) is 4.08. The summed E-state index contributed by atoms with van der Waals surface area (Å²) >= 11 is 6.10. The molecule has 20 heavy (non-hydrogen) atoms. The van der Waals surface area contributed by atoms with Gasteiger partial charge in [-0.05, 0) is 43.9 Å². The van der Waals surface area contributed by atoms with Gasteiger partial charge in [0, 0.05) is 5.69 Å². The molecule has 1 aromatic heterocycles. The zero-order valence-electron chi connectivity index (χ0n) is 12.3. The fourth-order valence-electron chi connectivity index (χ4n) is 2.52. The molecule has 1 unspecified atom stereocenters. The average molecular weight is 291 g/mol. The fraction of sp³-hybridized carbons (Fsp3) is 0.375. The molecule has 4 heteroatoms. The number of aromatic nitrogens is 2. The highest BCUT2D eigenvalue weighted by molar-refractivity contribution is 6.33. The van der Waals surface area contributed by atoms with Gasteiger partial charge >= 0.3 is 0 Å². The summed E-state index contributed by atoms with van der Waals surface area (Å²) in [6, 6.07) is 7.06. The Kier molecular flexibility index (Phi) is 4.29. The number of nitrogens with zero attached hydrogens (tertiary/aromatic N) is 2. The standard InChI is InChI=1S/C16H19ClN2O/c1-5-10(2)15-11(3)18-19(12(15)4)16(20)13-8-6-7-9-14(13)17/h6-10H,5H2,1-4H3. The van der Waals surface area contributed by atoms with E-state index in [0.29, 0.717) is 16.5 Å². The van der Waals surface area contributed by atoms with Gasteiger partial charge in [-0.1, -0.05) is 37.6 Å². The summed E-state index contributed by atoms with van der Waals surface area (Å²) in [7, 11) is 0. The summed E-state index contributed by atoms with van der Waals surface area (Å²) in [4.78, 5) is 12.6. The van der Waals surface area contributed by atoms with Gasteiger partial charge in [-0.15, -0.1) is 0 Å². The molecular weight excluding hydrogens is 272 g/mol. The summed E-state index contributed by atoms with van der Waals surface area (Å²) in [5.74, 6) is 0.216. The van der Waals surface area contributed by atoms with Crippen LogP contribution in [0.3, 0.4) is 0 Å². The topological polar surface area (TPSA) is 34.9 Å². The van der Waals surface area contributed by atoms with Crippen LogP contribution in [0.25, 0.3) is 0 Å². The van der Waals surface area contributed by atoms with E-state index in [0.717, 1.165) is 23.4 Å². The number of benzene rings is 1. The summed E-state index contributed by atoms with van der Waals surface area (Å²) in [6.07, 6.45) is 1.02. The second-order valence-electron chi connectivity index (χ2n) is 5.09. The van der Waals surface area contributed by atoms with Gasteiger partial charge in [-0.2, -0.15) is 5.10 Å². The van der Waals surface area contributed by atoms with Crippen molar-refractivity contribution in [1.82, 2.24) is 9.78 Å². The zero-order valence-corrected chi connectivity index (χ0v) is 13.0. The van der Waals surface area contributed by atoms with Gasteiger partial charge in [0.05, 0.1) is 16.3 Å². The van der Waals surface area contributed by atoms with Gasteiger partial charge in [0.15, 0.2) is 0 Å². The Morgan fingerprint density at radius 1 is 1.35 bits per heavy atom. The number of halogens is 1. The molecule has 0 aliphatic rings. The number of aryl methyl sites for hydroxylation is 1. The maximum Gasteiger partial charge on any atom is 0.279 e. The van der Waals surface area contributed by atoms with E-state index in [1.54, 1.807) is 18.2 Å². The summed E-state index contributed by atoms with van der Waals surface area (Å²) in [5.41, 5.74) is 3.46. The van der Waals surface area contributed by atoms with E-state index in [9.17, 15) is 4.79 Å². The summed E-state index contributed by atoms with van der Waals surface area (Å²) in [6.45, 7) is 8.18. The minimum absolute atomic E-state index is 0.175. The molecule has 1 atom stereocenters. The molecule has 2 rings (SSSR count). The lowest BCUT2D eigenvalue weighted by atomic mass is 9.97. The first-order chi connectivity index (χ1) is 9.47. The molecule has 0 saturated heterocycles. The molecule has 1 heterocycles. The summed E-state index contributed by atoms with van der Waals surface area (Å²) < 4.78 is 1.47. The first-order valence-corrected chi connectivity index (χ1v) is 7.20. The molecule has 2 aromatic rings. The zero-order chi connectivity index (χ0) is 14.9. The van der Waals surface area contributed by atoms with E-state index in [4.69, 9.17) is 11.6 Å². The van der Waals surface area contributed by atoms with Crippen LogP contribution in [-0.2, 0) is 0 Å². The van der Waals surface area contributed by atoms with Crippen LogP contribution in [-0.4, -0.2) is 15.7 Å². The van der Waals surface area contributed by atoms with Crippen LogP contribution >= 0.6 is 11.6 Å². The van der Waals surface area contributed by atoms with Crippen molar-refractivity contribution in [3.8, 4) is 0 Å². The van der Waals surface area contributed by atoms with E-state index >= 15 is 0 Å². The van der Waals surface area contributed by atoms with Crippen molar-refractivity contribution in [2.24, 2.45) is 0 Å². The van der Waals surface area contributed by atoms with Crippen LogP contribution in [0, 0.1) is 13.8 Å². The molecule has 0 aliphatic carbocycles. The Morgan fingerprint density at radius 2 is 2.00 bits per heavy atom. The second kappa shape index (κ2) is 5.80. The highest BCUT2D eigenvalue weighted by Gasteiger charge is 2.21. The van der Waals surface area contributed by atoms with Crippen molar-refractivity contribution in [3.05, 3.63) is 51.8 Å². The Balaban J connectivity index is 2.50. The lowest BCUT2D eigenvalue weighted by molar-refractivity contribution is 0.0942. The van der Waals surface area contributed by atoms with E-state index in [-0.39, 0.29) is 5.91 Å². The molecule has 0 N–H and O–H groups in total. The predicted molar refractivity (Wildman–Crippen MR) is 81.6 cm³/mol. The Morgan fingerprint density at radius 3 is 2.60 bits per heavy atom. The van der Waals surface area contributed by atoms with Crippen molar-refractivity contribution in [3.63, 3.8) is 0 Å². The predicted octanol–water partition coefficient (Wildman–Crippen LogP) is 4.36. The first-order valence-electron chi connectivity index (χ1n) is 6.82. The molecule has 0 radical (unpaired) electrons. The largest absolute Gasteiger partial charge is 0.279 e. The van der Waals surface area contributed by atoms with Gasteiger partial charge in [0.25, 0.3) is 5.91 Å². The van der Waals surface area contributed by atoms with Crippen LogP contribution in [0.1, 0.15) is 53.5 Å². The van der Waals surface area contributed by atoms with Crippen LogP contribution in [0.4, 0.5) is 0 Å². The summed E-state index contributed by atoms with van der Waals surface area (Å²) in [5, 5.41) is 4.86. The molecule has 0 bridgehead atoms. The van der Waals surface area contributed by atoms with E-state index < -0.39 is 0 Å². The van der Waals surface area contributed by atoms with Gasteiger partial charge in [-0.25, -0.2) is 4.68 Å². The number of rotatable bonds is 3. The molecule has 0 saturated carbocycles. The monoisotopic (exact) mass is 290 g/mol. The van der Waals surface area contributed by atoms with Crippen LogP contribution in [0.5, 0.6) is 0 Å². The minimum Gasteiger partial charge on any atom is -0.267 e. The molecule has 3 nitrogen and oxygen atoms in total. The van der Waals surface area contributed by atoms with E-state index in [1.807, 2.05) is 19.9 Å².